The third kappa shape index (κ3) is 9.10. The van der Waals surface area contributed by atoms with Gasteiger partial charge in [0.25, 0.3) is 0 Å². The Morgan fingerprint density at radius 3 is 2.21 bits per heavy atom. The van der Waals surface area contributed by atoms with Crippen molar-refractivity contribution in [3.8, 4) is 11.5 Å². The number of nitrogens with one attached hydrogen (secondary N) is 1. The average Bonchev–Trinajstić information content (AvgIpc) is 2.94. The van der Waals surface area contributed by atoms with Crippen molar-refractivity contribution in [2.45, 2.75) is 58.2 Å². The highest BCUT2D eigenvalue weighted by Gasteiger charge is 2.30. The molecule has 0 unspecified atom stereocenters. The van der Waals surface area contributed by atoms with Crippen LogP contribution in [0.15, 0.2) is 78.9 Å². The number of carbonyl (C=O) groups excluding carboxylic acids is 2. The lowest BCUT2D eigenvalue weighted by Crippen LogP contribution is -2.52. The second-order valence-electron chi connectivity index (χ2n) is 9.30. The van der Waals surface area contributed by atoms with Crippen LogP contribution in [-0.4, -0.2) is 42.5 Å². The van der Waals surface area contributed by atoms with Crippen molar-refractivity contribution in [2.75, 3.05) is 13.7 Å². The molecule has 7 heteroatoms. The van der Waals surface area contributed by atoms with Crippen molar-refractivity contribution in [2.24, 2.45) is 0 Å². The van der Waals surface area contributed by atoms with Crippen molar-refractivity contribution < 1.29 is 19.1 Å². The van der Waals surface area contributed by atoms with Crippen LogP contribution in [0, 0.1) is 0 Å². The van der Waals surface area contributed by atoms with Crippen LogP contribution in [0.4, 0.5) is 0 Å². The molecule has 0 saturated carbocycles. The summed E-state index contributed by atoms with van der Waals surface area (Å²) in [4.78, 5) is 28.9. The Hall–Kier alpha value is -3.51. The summed E-state index contributed by atoms with van der Waals surface area (Å²) in [6.45, 7) is 4.69. The van der Waals surface area contributed by atoms with Crippen molar-refractivity contribution in [3.05, 3.63) is 95.0 Å². The Morgan fingerprint density at radius 1 is 0.921 bits per heavy atom. The van der Waals surface area contributed by atoms with Gasteiger partial charge >= 0.3 is 0 Å². The molecule has 0 aliphatic carbocycles. The van der Waals surface area contributed by atoms with Gasteiger partial charge in [0.15, 0.2) is 0 Å². The molecule has 0 aromatic heterocycles. The first-order valence-corrected chi connectivity index (χ1v) is 13.4. The molecule has 0 bridgehead atoms. The van der Waals surface area contributed by atoms with Crippen LogP contribution in [-0.2, 0) is 22.6 Å². The van der Waals surface area contributed by atoms with E-state index in [0.717, 1.165) is 23.3 Å². The van der Waals surface area contributed by atoms with E-state index >= 15 is 0 Å². The third-order valence-corrected chi connectivity index (χ3v) is 6.65. The maximum atomic E-state index is 13.6. The Morgan fingerprint density at radius 2 is 1.58 bits per heavy atom. The predicted octanol–water partition coefficient (Wildman–Crippen LogP) is 6.06. The minimum absolute atomic E-state index is 0.00570. The summed E-state index contributed by atoms with van der Waals surface area (Å²) < 4.78 is 11.0. The van der Waals surface area contributed by atoms with Crippen LogP contribution >= 0.6 is 11.6 Å². The van der Waals surface area contributed by atoms with E-state index in [1.807, 2.05) is 80.6 Å². The highest BCUT2D eigenvalue weighted by molar-refractivity contribution is 6.30. The molecule has 0 fully saturated rings. The molecule has 3 aromatic rings. The average molecular weight is 537 g/mol. The molecule has 6 nitrogen and oxygen atoms in total. The maximum absolute atomic E-state index is 13.6. The minimum Gasteiger partial charge on any atom is -0.497 e. The summed E-state index contributed by atoms with van der Waals surface area (Å²) in [6, 6.07) is 23.9. The van der Waals surface area contributed by atoms with Gasteiger partial charge < -0.3 is 19.7 Å². The fraction of sp³-hybridized carbons (Fsp3) is 0.355. The molecule has 0 radical (unpaired) electrons. The first-order valence-electron chi connectivity index (χ1n) is 13.0. The van der Waals surface area contributed by atoms with Crippen molar-refractivity contribution in [1.29, 1.82) is 0 Å². The van der Waals surface area contributed by atoms with Gasteiger partial charge in [-0.2, -0.15) is 0 Å². The molecule has 2 atom stereocenters. The van der Waals surface area contributed by atoms with Crippen LogP contribution < -0.4 is 14.8 Å². The lowest BCUT2D eigenvalue weighted by atomic mass is 10.0. The van der Waals surface area contributed by atoms with E-state index in [0.29, 0.717) is 36.8 Å². The number of amides is 2. The Kier molecular flexibility index (Phi) is 11.5. The fourth-order valence-electron chi connectivity index (χ4n) is 4.01. The Balaban J connectivity index is 1.77. The molecule has 0 saturated heterocycles. The van der Waals surface area contributed by atoms with E-state index in [-0.39, 0.29) is 24.3 Å². The second kappa shape index (κ2) is 15.0. The number of hydrogen-bond donors (Lipinski definition) is 1. The van der Waals surface area contributed by atoms with Gasteiger partial charge in [-0.3, -0.25) is 9.59 Å². The monoisotopic (exact) mass is 536 g/mol. The first-order chi connectivity index (χ1) is 18.4. The van der Waals surface area contributed by atoms with E-state index in [1.165, 1.54) is 0 Å². The highest BCUT2D eigenvalue weighted by atomic mass is 35.5. The fourth-order valence-corrected chi connectivity index (χ4v) is 4.14. The van der Waals surface area contributed by atoms with Gasteiger partial charge in [-0.25, -0.2) is 0 Å². The summed E-state index contributed by atoms with van der Waals surface area (Å²) in [5.74, 6) is 1.22. The second-order valence-corrected chi connectivity index (χ2v) is 9.74. The van der Waals surface area contributed by atoms with Crippen LogP contribution in [0.1, 0.15) is 44.2 Å². The molecule has 0 heterocycles. The first kappa shape index (κ1) is 29.1. The molecule has 3 rings (SSSR count). The lowest BCUT2D eigenvalue weighted by Gasteiger charge is -2.32. The molecule has 0 aliphatic rings. The number of methoxy groups -OCH3 is 1. The lowest BCUT2D eigenvalue weighted by molar-refractivity contribution is -0.141. The summed E-state index contributed by atoms with van der Waals surface area (Å²) >= 11 is 6.09. The number of rotatable bonds is 14. The molecule has 202 valence electrons. The zero-order chi connectivity index (χ0) is 27.3. The number of halogens is 1. The van der Waals surface area contributed by atoms with E-state index in [1.54, 1.807) is 24.1 Å². The van der Waals surface area contributed by atoms with Crippen molar-refractivity contribution in [3.63, 3.8) is 0 Å². The van der Waals surface area contributed by atoms with E-state index < -0.39 is 6.04 Å². The van der Waals surface area contributed by atoms with E-state index in [9.17, 15) is 9.59 Å². The van der Waals surface area contributed by atoms with Crippen molar-refractivity contribution in [1.82, 2.24) is 10.2 Å². The summed E-state index contributed by atoms with van der Waals surface area (Å²) in [7, 11) is 1.62. The van der Waals surface area contributed by atoms with Gasteiger partial charge in [0.05, 0.1) is 13.7 Å². The third-order valence-electron chi connectivity index (χ3n) is 6.40. The van der Waals surface area contributed by atoms with Crippen LogP contribution in [0.5, 0.6) is 11.5 Å². The Bertz CT molecular complexity index is 1140. The number of nitrogens with zero attached hydrogens (tertiary/aromatic N) is 1. The molecule has 2 amide bonds. The van der Waals surface area contributed by atoms with Crippen LogP contribution in [0.2, 0.25) is 5.02 Å². The summed E-state index contributed by atoms with van der Waals surface area (Å²) in [5.41, 5.74) is 1.90. The minimum atomic E-state index is -0.655. The SMILES string of the molecule is CC[C@H](C)NC(=O)[C@@H](Cc1ccccc1)N(Cc1ccc(Cl)cc1)C(=O)CCCOc1ccc(OC)cc1. The summed E-state index contributed by atoms with van der Waals surface area (Å²) in [6.07, 6.45) is 2.00. The number of carbonyl (C=O) groups is 2. The van der Waals surface area contributed by atoms with Crippen LogP contribution in [0.3, 0.4) is 0 Å². The number of ether oxygens (including phenoxy) is 2. The highest BCUT2D eigenvalue weighted by Crippen LogP contribution is 2.20. The molecule has 38 heavy (non-hydrogen) atoms. The molecule has 0 spiro atoms. The molecular formula is C31H37ClN2O4. The van der Waals surface area contributed by atoms with Gasteiger partial charge in [-0.15, -0.1) is 0 Å². The standard InChI is InChI=1S/C31H37ClN2O4/c1-4-23(2)33-31(36)29(21-24-9-6-5-7-10-24)34(22-25-12-14-26(32)15-13-25)30(35)11-8-20-38-28-18-16-27(37-3)17-19-28/h5-7,9-10,12-19,23,29H,4,8,11,20-22H2,1-3H3,(H,33,36)/t23-,29+/m0/s1. The Labute approximate surface area is 230 Å². The quantitative estimate of drug-likeness (QED) is 0.254. The number of hydrogen-bond acceptors (Lipinski definition) is 4. The zero-order valence-electron chi connectivity index (χ0n) is 22.4. The van der Waals surface area contributed by atoms with Gasteiger partial charge in [0, 0.05) is 30.5 Å². The maximum Gasteiger partial charge on any atom is 0.243 e. The van der Waals surface area contributed by atoms with E-state index in [4.69, 9.17) is 21.1 Å². The van der Waals surface area contributed by atoms with Gasteiger partial charge in [0.1, 0.15) is 17.5 Å². The molecule has 3 aromatic carbocycles. The van der Waals surface area contributed by atoms with E-state index in [2.05, 4.69) is 5.32 Å². The zero-order valence-corrected chi connectivity index (χ0v) is 23.1. The molecular weight excluding hydrogens is 500 g/mol. The largest absolute Gasteiger partial charge is 0.497 e. The topological polar surface area (TPSA) is 67.9 Å². The van der Waals surface area contributed by atoms with Gasteiger partial charge in [-0.1, -0.05) is 61.0 Å². The van der Waals surface area contributed by atoms with Crippen LogP contribution in [0.25, 0.3) is 0 Å². The predicted molar refractivity (Wildman–Crippen MR) is 152 cm³/mol. The normalized spacial score (nSPS) is 12.3. The van der Waals surface area contributed by atoms with Gasteiger partial charge in [-0.05, 0) is 67.3 Å². The molecule has 0 aliphatic heterocycles. The molecule has 1 N–H and O–H groups in total. The number of benzene rings is 3. The van der Waals surface area contributed by atoms with Gasteiger partial charge in [0.2, 0.25) is 11.8 Å². The van der Waals surface area contributed by atoms with Crippen molar-refractivity contribution >= 4 is 23.4 Å². The smallest absolute Gasteiger partial charge is 0.243 e. The summed E-state index contributed by atoms with van der Waals surface area (Å²) in [5, 5.41) is 3.71.